The van der Waals surface area contributed by atoms with E-state index in [9.17, 15) is 24.9 Å². The number of aliphatic hydroxyl groups excluding tert-OH is 1. The minimum atomic E-state index is -1.80. The molecule has 4 aliphatic rings. The van der Waals surface area contributed by atoms with Gasteiger partial charge < -0.3 is 20.1 Å². The van der Waals surface area contributed by atoms with Gasteiger partial charge in [-0.3, -0.25) is 9.59 Å². The van der Waals surface area contributed by atoms with E-state index in [0.29, 0.717) is 12.8 Å². The van der Waals surface area contributed by atoms with Gasteiger partial charge in [-0.1, -0.05) is 19.9 Å². The topological polar surface area (TPSA) is 104 Å². The van der Waals surface area contributed by atoms with Crippen LogP contribution in [0.2, 0.25) is 0 Å². The van der Waals surface area contributed by atoms with E-state index in [2.05, 4.69) is 6.58 Å². The minimum Gasteiger partial charge on any atom is -0.460 e. The van der Waals surface area contributed by atoms with Crippen LogP contribution in [0.25, 0.3) is 0 Å². The Kier molecular flexibility index (Phi) is 3.47. The molecule has 6 heteroatoms. The van der Waals surface area contributed by atoms with Crippen LogP contribution < -0.4 is 0 Å². The molecule has 26 heavy (non-hydrogen) atoms. The first-order valence-electron chi connectivity index (χ1n) is 9.49. The first kappa shape index (κ1) is 18.1. The normalized spacial score (nSPS) is 58.6. The fraction of sp³-hybridized carbons (Fsp3) is 0.800. The molecule has 9 atom stereocenters. The van der Waals surface area contributed by atoms with Crippen LogP contribution in [0.3, 0.4) is 0 Å². The zero-order valence-electron chi connectivity index (χ0n) is 15.6. The molecule has 9 unspecified atom stereocenters. The number of esters is 1. The molecule has 0 spiro atoms. The van der Waals surface area contributed by atoms with Crippen LogP contribution in [0.15, 0.2) is 12.7 Å². The lowest BCUT2D eigenvalue weighted by atomic mass is 9.38. The van der Waals surface area contributed by atoms with E-state index in [1.165, 1.54) is 6.08 Å². The number of ketones is 1. The number of Topliss-reactive ketones (excluding diaryl/α,β-unsaturated/α-hetero) is 1. The first-order chi connectivity index (χ1) is 12.0. The molecule has 0 radical (unpaired) electrons. The van der Waals surface area contributed by atoms with Gasteiger partial charge in [0.15, 0.2) is 5.78 Å². The average molecular weight is 364 g/mol. The second-order valence-corrected chi connectivity index (χ2v) is 9.29. The lowest BCUT2D eigenvalue weighted by Gasteiger charge is -2.69. The van der Waals surface area contributed by atoms with Crippen LogP contribution in [-0.4, -0.2) is 50.5 Å². The summed E-state index contributed by atoms with van der Waals surface area (Å²) >= 11 is 0. The predicted molar refractivity (Wildman–Crippen MR) is 91.8 cm³/mol. The number of fused-ring (bicyclic) bond motifs is 5. The fourth-order valence-electron chi connectivity index (χ4n) is 6.77. The van der Waals surface area contributed by atoms with Gasteiger partial charge in [0.1, 0.15) is 22.7 Å². The maximum atomic E-state index is 13.2. The van der Waals surface area contributed by atoms with Crippen LogP contribution in [-0.2, 0) is 14.3 Å². The van der Waals surface area contributed by atoms with Crippen molar-refractivity contribution < 1.29 is 29.6 Å². The molecule has 0 aromatic heterocycles. The summed E-state index contributed by atoms with van der Waals surface area (Å²) in [5.74, 6) is -1.61. The van der Waals surface area contributed by atoms with Crippen LogP contribution in [0, 0.1) is 28.6 Å². The maximum absolute atomic E-state index is 13.2. The van der Waals surface area contributed by atoms with E-state index in [0.717, 1.165) is 0 Å². The highest BCUT2D eigenvalue weighted by atomic mass is 16.6. The number of carbonyl (C=O) groups is 2. The maximum Gasteiger partial charge on any atom is 0.319 e. The van der Waals surface area contributed by atoms with Crippen LogP contribution in [0.1, 0.15) is 46.5 Å². The summed E-state index contributed by atoms with van der Waals surface area (Å²) < 4.78 is 5.23. The van der Waals surface area contributed by atoms with E-state index in [4.69, 9.17) is 4.74 Å². The van der Waals surface area contributed by atoms with Crippen molar-refractivity contribution in [2.24, 2.45) is 28.6 Å². The van der Waals surface area contributed by atoms with Gasteiger partial charge in [0, 0.05) is 11.8 Å². The third kappa shape index (κ3) is 1.61. The van der Waals surface area contributed by atoms with E-state index in [1.54, 1.807) is 6.92 Å². The van der Waals surface area contributed by atoms with Crippen molar-refractivity contribution >= 4 is 11.8 Å². The lowest BCUT2D eigenvalue weighted by molar-refractivity contribution is -0.304. The highest BCUT2D eigenvalue weighted by Crippen LogP contribution is 2.68. The van der Waals surface area contributed by atoms with Gasteiger partial charge in [-0.2, -0.15) is 0 Å². The molecular formula is C20H28O6. The highest BCUT2D eigenvalue weighted by molar-refractivity contribution is 5.99. The van der Waals surface area contributed by atoms with E-state index >= 15 is 0 Å². The number of aliphatic hydroxyl groups is 3. The summed E-state index contributed by atoms with van der Waals surface area (Å²) in [5, 5.41) is 33.3. The Balaban J connectivity index is 1.83. The molecule has 6 nitrogen and oxygen atoms in total. The molecule has 1 aliphatic heterocycles. The van der Waals surface area contributed by atoms with Gasteiger partial charge in [-0.05, 0) is 43.9 Å². The summed E-state index contributed by atoms with van der Waals surface area (Å²) in [7, 11) is 0. The van der Waals surface area contributed by atoms with Crippen molar-refractivity contribution in [1.82, 2.24) is 0 Å². The smallest absolute Gasteiger partial charge is 0.319 e. The molecular weight excluding hydrogens is 336 g/mol. The van der Waals surface area contributed by atoms with E-state index in [-0.39, 0.29) is 36.4 Å². The van der Waals surface area contributed by atoms with E-state index in [1.807, 2.05) is 13.8 Å². The van der Waals surface area contributed by atoms with Gasteiger partial charge in [0.25, 0.3) is 0 Å². The summed E-state index contributed by atoms with van der Waals surface area (Å²) in [4.78, 5) is 25.6. The largest absolute Gasteiger partial charge is 0.460 e. The van der Waals surface area contributed by atoms with Crippen LogP contribution in [0.4, 0.5) is 0 Å². The predicted octanol–water partition coefficient (Wildman–Crippen LogP) is 0.972. The molecule has 0 amide bonds. The van der Waals surface area contributed by atoms with Crippen molar-refractivity contribution in [2.75, 3.05) is 0 Å². The Morgan fingerprint density at radius 2 is 1.92 bits per heavy atom. The number of hydrogen-bond donors (Lipinski definition) is 3. The summed E-state index contributed by atoms with van der Waals surface area (Å²) in [6, 6.07) is 0. The molecule has 4 rings (SSSR count). The van der Waals surface area contributed by atoms with Crippen LogP contribution >= 0.6 is 0 Å². The molecule has 1 saturated heterocycles. The molecule has 1 heterocycles. The van der Waals surface area contributed by atoms with Gasteiger partial charge in [0.05, 0.1) is 6.10 Å². The van der Waals surface area contributed by atoms with Gasteiger partial charge in [0.2, 0.25) is 0 Å². The molecule has 144 valence electrons. The van der Waals surface area contributed by atoms with Gasteiger partial charge in [-0.25, -0.2) is 0 Å². The zero-order chi connectivity index (χ0) is 19.3. The Hall–Kier alpha value is -1.24. The van der Waals surface area contributed by atoms with Gasteiger partial charge in [-0.15, -0.1) is 6.58 Å². The fourth-order valence-corrected chi connectivity index (χ4v) is 6.77. The summed E-state index contributed by atoms with van der Waals surface area (Å²) in [6.45, 7) is 9.01. The second kappa shape index (κ2) is 4.97. The Labute approximate surface area is 153 Å². The second-order valence-electron chi connectivity index (χ2n) is 9.29. The van der Waals surface area contributed by atoms with Crippen LogP contribution in [0.5, 0.6) is 0 Å². The number of rotatable bonds is 1. The Bertz CT molecular complexity index is 704. The van der Waals surface area contributed by atoms with Crippen molar-refractivity contribution in [3.05, 3.63) is 12.7 Å². The highest BCUT2D eigenvalue weighted by Gasteiger charge is 2.80. The van der Waals surface area contributed by atoms with Gasteiger partial charge >= 0.3 is 5.97 Å². The standard InChI is InChI=1S/C20H28O6/c1-5-19(24)10(2)11-8-14(22)20(25)17(3,12(11)9-13(19)21)7-6-15-18(20,4)16(23)26-15/h5,10-13,15,21,24-25H,1,6-9H2,2-4H3. The minimum absolute atomic E-state index is 0.0797. The summed E-state index contributed by atoms with van der Waals surface area (Å²) in [6.07, 6.45) is 1.38. The van der Waals surface area contributed by atoms with Crippen molar-refractivity contribution in [3.8, 4) is 0 Å². The molecule has 3 aliphatic carbocycles. The molecule has 0 aromatic rings. The lowest BCUT2D eigenvalue weighted by Crippen LogP contribution is -2.81. The molecule has 4 fully saturated rings. The number of ether oxygens (including phenoxy) is 1. The van der Waals surface area contributed by atoms with Crippen molar-refractivity contribution in [2.45, 2.75) is 69.9 Å². The third-order valence-corrected chi connectivity index (χ3v) is 8.69. The summed E-state index contributed by atoms with van der Waals surface area (Å²) in [5.41, 5.74) is -5.34. The van der Waals surface area contributed by atoms with Crippen molar-refractivity contribution in [1.29, 1.82) is 0 Å². The first-order valence-corrected chi connectivity index (χ1v) is 9.49. The monoisotopic (exact) mass is 364 g/mol. The Morgan fingerprint density at radius 3 is 2.50 bits per heavy atom. The van der Waals surface area contributed by atoms with Crippen molar-refractivity contribution in [3.63, 3.8) is 0 Å². The number of carbonyl (C=O) groups excluding carboxylic acids is 2. The van der Waals surface area contributed by atoms with E-state index < -0.39 is 40.2 Å². The quantitative estimate of drug-likeness (QED) is 0.473. The number of hydrogen-bond acceptors (Lipinski definition) is 6. The SMILES string of the molecule is C=CC1(O)C(O)CC2C(CC(=O)C3(O)C2(C)CCC2OC(=O)C23C)C1C. The molecule has 0 aromatic carbocycles. The zero-order valence-corrected chi connectivity index (χ0v) is 15.6. The molecule has 3 saturated carbocycles. The molecule has 0 bridgehead atoms. The average Bonchev–Trinajstić information content (AvgIpc) is 2.61. The molecule has 3 N–H and O–H groups in total. The Morgan fingerprint density at radius 1 is 1.27 bits per heavy atom. The third-order valence-electron chi connectivity index (χ3n) is 8.69.